The zero-order chi connectivity index (χ0) is 14.7. The fourth-order valence-electron chi connectivity index (χ4n) is 1.64. The molecule has 6 heteroatoms. The van der Waals surface area contributed by atoms with Crippen molar-refractivity contribution >= 4 is 28.9 Å². The Bertz CT molecular complexity index is 577. The molecule has 0 radical (unpaired) electrons. The maximum absolute atomic E-state index is 13.2. The molecule has 0 aromatic heterocycles. The molecule has 0 unspecified atom stereocenters. The standard InChI is InChI=1S/C14H10Cl2F3N/c15-11-5-10(6-12(16)13(11)17)20-7-8-1-3-9(4-2-8)14(18)19/h1-6,14,20H,7H2. The van der Waals surface area contributed by atoms with Gasteiger partial charge in [-0.25, -0.2) is 13.2 Å². The van der Waals surface area contributed by atoms with E-state index in [-0.39, 0.29) is 15.6 Å². The maximum Gasteiger partial charge on any atom is 0.263 e. The van der Waals surface area contributed by atoms with E-state index in [4.69, 9.17) is 23.2 Å². The molecule has 0 atom stereocenters. The third-order valence-corrected chi connectivity index (χ3v) is 3.26. The Balaban J connectivity index is 2.05. The fourth-order valence-corrected chi connectivity index (χ4v) is 2.13. The molecule has 0 saturated heterocycles. The first-order chi connectivity index (χ1) is 9.47. The van der Waals surface area contributed by atoms with E-state index in [0.717, 1.165) is 5.56 Å². The summed E-state index contributed by atoms with van der Waals surface area (Å²) in [6, 6.07) is 8.76. The lowest BCUT2D eigenvalue weighted by Gasteiger charge is -2.09. The minimum Gasteiger partial charge on any atom is -0.381 e. The van der Waals surface area contributed by atoms with Crippen LogP contribution >= 0.6 is 23.2 Å². The van der Waals surface area contributed by atoms with E-state index in [1.807, 2.05) is 0 Å². The van der Waals surface area contributed by atoms with Gasteiger partial charge in [0.2, 0.25) is 0 Å². The average Bonchev–Trinajstić information content (AvgIpc) is 2.42. The number of benzene rings is 2. The minimum atomic E-state index is -2.48. The zero-order valence-electron chi connectivity index (χ0n) is 10.1. The molecule has 0 saturated carbocycles. The van der Waals surface area contributed by atoms with E-state index >= 15 is 0 Å². The number of rotatable bonds is 4. The second-order valence-electron chi connectivity index (χ2n) is 4.15. The van der Waals surface area contributed by atoms with Crippen molar-refractivity contribution < 1.29 is 13.2 Å². The monoisotopic (exact) mass is 319 g/mol. The minimum absolute atomic E-state index is 0.0263. The molecular weight excluding hydrogens is 310 g/mol. The van der Waals surface area contributed by atoms with Gasteiger partial charge in [-0.2, -0.15) is 0 Å². The largest absolute Gasteiger partial charge is 0.381 e. The molecule has 2 rings (SSSR count). The lowest BCUT2D eigenvalue weighted by atomic mass is 10.1. The van der Waals surface area contributed by atoms with Gasteiger partial charge in [0.15, 0.2) is 5.82 Å². The van der Waals surface area contributed by atoms with Gasteiger partial charge >= 0.3 is 0 Å². The van der Waals surface area contributed by atoms with Crippen molar-refractivity contribution in [2.24, 2.45) is 0 Å². The molecule has 0 heterocycles. The van der Waals surface area contributed by atoms with Crippen molar-refractivity contribution in [2.45, 2.75) is 13.0 Å². The third kappa shape index (κ3) is 3.58. The Morgan fingerprint density at radius 3 is 2.05 bits per heavy atom. The normalized spacial score (nSPS) is 10.9. The van der Waals surface area contributed by atoms with Crippen LogP contribution in [0.2, 0.25) is 10.0 Å². The molecule has 0 aliphatic heterocycles. The predicted molar refractivity (Wildman–Crippen MR) is 75.1 cm³/mol. The number of alkyl halides is 2. The van der Waals surface area contributed by atoms with Crippen LogP contribution in [0.5, 0.6) is 0 Å². The first-order valence-electron chi connectivity index (χ1n) is 5.73. The molecular formula is C14H10Cl2F3N. The molecule has 0 aliphatic rings. The summed E-state index contributed by atoms with van der Waals surface area (Å²) in [5, 5.41) is 2.84. The van der Waals surface area contributed by atoms with Gasteiger partial charge < -0.3 is 5.32 Å². The van der Waals surface area contributed by atoms with Gasteiger partial charge in [-0.1, -0.05) is 47.5 Å². The lowest BCUT2D eigenvalue weighted by molar-refractivity contribution is 0.151. The van der Waals surface area contributed by atoms with Crippen LogP contribution in [0.25, 0.3) is 0 Å². The van der Waals surface area contributed by atoms with Gasteiger partial charge in [-0.3, -0.25) is 0 Å². The lowest BCUT2D eigenvalue weighted by Crippen LogP contribution is -2.00. The Morgan fingerprint density at radius 1 is 1.00 bits per heavy atom. The number of nitrogens with one attached hydrogen (secondary N) is 1. The number of hydrogen-bond acceptors (Lipinski definition) is 1. The van der Waals surface area contributed by atoms with E-state index in [0.29, 0.717) is 12.2 Å². The SMILES string of the molecule is Fc1c(Cl)cc(NCc2ccc(C(F)F)cc2)cc1Cl. The van der Waals surface area contributed by atoms with E-state index < -0.39 is 12.2 Å². The van der Waals surface area contributed by atoms with Crippen molar-refractivity contribution in [3.05, 3.63) is 63.4 Å². The van der Waals surface area contributed by atoms with Crippen LogP contribution in [-0.4, -0.2) is 0 Å². The van der Waals surface area contributed by atoms with Crippen LogP contribution < -0.4 is 5.32 Å². The van der Waals surface area contributed by atoms with Crippen LogP contribution in [0, 0.1) is 5.82 Å². The summed E-state index contributed by atoms with van der Waals surface area (Å²) in [6.07, 6.45) is -2.48. The molecule has 0 amide bonds. The van der Waals surface area contributed by atoms with Crippen molar-refractivity contribution in [3.63, 3.8) is 0 Å². The van der Waals surface area contributed by atoms with Gasteiger partial charge in [0.1, 0.15) is 0 Å². The van der Waals surface area contributed by atoms with Crippen LogP contribution in [0.15, 0.2) is 36.4 Å². The molecule has 0 aliphatic carbocycles. The second-order valence-corrected chi connectivity index (χ2v) is 4.96. The summed E-state index contributed by atoms with van der Waals surface area (Å²) in [5.74, 6) is -0.667. The van der Waals surface area contributed by atoms with E-state index in [9.17, 15) is 13.2 Å². The van der Waals surface area contributed by atoms with Crippen molar-refractivity contribution in [1.29, 1.82) is 0 Å². The summed E-state index contributed by atoms with van der Waals surface area (Å²) in [7, 11) is 0. The van der Waals surface area contributed by atoms with Crippen LogP contribution in [0.3, 0.4) is 0 Å². The summed E-state index contributed by atoms with van der Waals surface area (Å²) in [4.78, 5) is 0. The quantitative estimate of drug-likeness (QED) is 0.714. The topological polar surface area (TPSA) is 12.0 Å². The molecule has 0 spiro atoms. The Labute approximate surface area is 124 Å². The van der Waals surface area contributed by atoms with Gasteiger partial charge in [0.05, 0.1) is 10.0 Å². The zero-order valence-corrected chi connectivity index (χ0v) is 11.7. The van der Waals surface area contributed by atoms with Crippen LogP contribution in [-0.2, 0) is 6.54 Å². The van der Waals surface area contributed by atoms with Crippen molar-refractivity contribution in [2.75, 3.05) is 5.32 Å². The van der Waals surface area contributed by atoms with Crippen molar-refractivity contribution in [1.82, 2.24) is 0 Å². The van der Waals surface area contributed by atoms with Gasteiger partial charge in [-0.15, -0.1) is 0 Å². The Morgan fingerprint density at radius 2 is 1.55 bits per heavy atom. The Hall–Kier alpha value is -1.39. The molecule has 1 nitrogen and oxygen atoms in total. The third-order valence-electron chi connectivity index (χ3n) is 2.71. The second kappa shape index (κ2) is 6.37. The molecule has 0 fully saturated rings. The number of anilines is 1. The maximum atomic E-state index is 13.2. The van der Waals surface area contributed by atoms with Crippen LogP contribution in [0.1, 0.15) is 17.6 Å². The summed E-state index contributed by atoms with van der Waals surface area (Å²) >= 11 is 11.3. The predicted octanol–water partition coefficient (Wildman–Crippen LogP) is 5.68. The highest BCUT2D eigenvalue weighted by atomic mass is 35.5. The highest BCUT2D eigenvalue weighted by Crippen LogP contribution is 2.27. The first kappa shape index (κ1) is 15.0. The smallest absolute Gasteiger partial charge is 0.263 e. The Kier molecular flexibility index (Phi) is 4.78. The van der Waals surface area contributed by atoms with E-state index in [1.165, 1.54) is 24.3 Å². The number of halogens is 5. The van der Waals surface area contributed by atoms with Gasteiger partial charge in [0.25, 0.3) is 6.43 Å². The highest BCUT2D eigenvalue weighted by molar-refractivity contribution is 6.35. The van der Waals surface area contributed by atoms with E-state index in [2.05, 4.69) is 5.32 Å². The first-order valence-corrected chi connectivity index (χ1v) is 6.48. The number of hydrogen-bond donors (Lipinski definition) is 1. The van der Waals surface area contributed by atoms with Gasteiger partial charge in [0, 0.05) is 17.8 Å². The van der Waals surface area contributed by atoms with Gasteiger partial charge in [-0.05, 0) is 17.7 Å². The molecule has 106 valence electrons. The summed E-state index contributed by atoms with van der Waals surface area (Å²) in [6.45, 7) is 0.391. The summed E-state index contributed by atoms with van der Waals surface area (Å²) < 4.78 is 38.0. The molecule has 1 N–H and O–H groups in total. The van der Waals surface area contributed by atoms with E-state index in [1.54, 1.807) is 12.1 Å². The molecule has 2 aromatic rings. The molecule has 2 aromatic carbocycles. The summed E-state index contributed by atoms with van der Waals surface area (Å²) in [5.41, 5.74) is 1.34. The average molecular weight is 320 g/mol. The molecule has 20 heavy (non-hydrogen) atoms. The molecule has 0 bridgehead atoms. The highest BCUT2D eigenvalue weighted by Gasteiger charge is 2.08. The van der Waals surface area contributed by atoms with Crippen LogP contribution in [0.4, 0.5) is 18.9 Å². The fraction of sp³-hybridized carbons (Fsp3) is 0.143. The van der Waals surface area contributed by atoms with Crippen molar-refractivity contribution in [3.8, 4) is 0 Å².